The maximum atomic E-state index is 14.5. The Bertz CT molecular complexity index is 1270. The number of ether oxygens (including phenoxy) is 1. The number of nitrogens with two attached hydrogens (primary N) is 1. The lowest BCUT2D eigenvalue weighted by atomic mass is 9.61. The number of carbonyl (C=O) groups is 1. The Morgan fingerprint density at radius 3 is 2.67 bits per heavy atom. The number of fused-ring (bicyclic) bond motifs is 3. The fourth-order valence-corrected chi connectivity index (χ4v) is 6.92. The van der Waals surface area contributed by atoms with Crippen LogP contribution < -0.4 is 5.73 Å². The summed E-state index contributed by atoms with van der Waals surface area (Å²) in [6.45, 7) is 0.318. The normalized spacial score (nSPS) is 29.0. The van der Waals surface area contributed by atoms with E-state index in [2.05, 4.69) is 24.3 Å². The number of guanidine groups is 1. The fourth-order valence-electron chi connectivity index (χ4n) is 6.92. The van der Waals surface area contributed by atoms with Crippen molar-refractivity contribution in [1.29, 1.82) is 5.26 Å². The van der Waals surface area contributed by atoms with Crippen molar-refractivity contribution in [1.82, 2.24) is 4.90 Å². The van der Waals surface area contributed by atoms with Gasteiger partial charge in [0, 0.05) is 12.5 Å². The molecule has 2 fully saturated rings. The van der Waals surface area contributed by atoms with Gasteiger partial charge in [0.25, 0.3) is 5.91 Å². The van der Waals surface area contributed by atoms with Crippen LogP contribution in [-0.2, 0) is 34.5 Å². The fraction of sp³-hybridized carbons (Fsp3) is 0.500. The molecule has 4 aliphatic rings. The van der Waals surface area contributed by atoms with E-state index in [1.165, 1.54) is 30.4 Å². The summed E-state index contributed by atoms with van der Waals surface area (Å²) < 4.78 is 5.69. The second kappa shape index (κ2) is 8.74. The van der Waals surface area contributed by atoms with E-state index >= 15 is 0 Å². The summed E-state index contributed by atoms with van der Waals surface area (Å²) in [4.78, 5) is 21.3. The van der Waals surface area contributed by atoms with Crippen LogP contribution in [0.1, 0.15) is 72.8 Å². The van der Waals surface area contributed by atoms with Gasteiger partial charge in [-0.05, 0) is 85.3 Å². The highest BCUT2D eigenvalue weighted by Crippen LogP contribution is 2.62. The number of nitrogens with zero attached hydrogens (tertiary/aromatic N) is 3. The van der Waals surface area contributed by atoms with Gasteiger partial charge in [-0.3, -0.25) is 9.69 Å². The Hall–Kier alpha value is -3.17. The van der Waals surface area contributed by atoms with Gasteiger partial charge >= 0.3 is 0 Å². The summed E-state index contributed by atoms with van der Waals surface area (Å²) in [6.07, 6.45) is 9.66. The molecule has 3 aliphatic carbocycles. The molecule has 2 N–H and O–H groups in total. The minimum atomic E-state index is -0.979. The highest BCUT2D eigenvalue weighted by molar-refractivity contribution is 6.08. The zero-order valence-electron chi connectivity index (χ0n) is 21.0. The smallest absolute Gasteiger partial charge is 0.262 e. The van der Waals surface area contributed by atoms with Gasteiger partial charge in [0.15, 0.2) is 11.5 Å². The van der Waals surface area contributed by atoms with Crippen LogP contribution in [0.15, 0.2) is 47.5 Å². The second-order valence-corrected chi connectivity index (χ2v) is 11.2. The summed E-state index contributed by atoms with van der Waals surface area (Å²) in [6, 6.07) is 16.3. The number of rotatable bonds is 6. The molecule has 2 aromatic rings. The van der Waals surface area contributed by atoms with Gasteiger partial charge in [0.1, 0.15) is 0 Å². The Morgan fingerprint density at radius 2 is 1.94 bits per heavy atom. The number of hydrogen-bond donors (Lipinski definition) is 1. The minimum absolute atomic E-state index is 0.0173. The summed E-state index contributed by atoms with van der Waals surface area (Å²) >= 11 is 0. The van der Waals surface area contributed by atoms with Gasteiger partial charge in [0.2, 0.25) is 0 Å². The van der Waals surface area contributed by atoms with Crippen LogP contribution in [0.25, 0.3) is 0 Å². The molecule has 1 amide bonds. The number of aryl methyl sites for hydroxylation is 1. The lowest BCUT2D eigenvalue weighted by Gasteiger charge is -2.45. The van der Waals surface area contributed by atoms with E-state index in [1.807, 2.05) is 18.2 Å². The van der Waals surface area contributed by atoms with E-state index in [9.17, 15) is 10.1 Å². The number of nitriles is 1. The van der Waals surface area contributed by atoms with E-state index in [1.54, 1.807) is 18.1 Å². The van der Waals surface area contributed by atoms with Gasteiger partial charge in [0.05, 0.1) is 24.3 Å². The third-order valence-electron chi connectivity index (χ3n) is 9.13. The van der Waals surface area contributed by atoms with Crippen LogP contribution >= 0.6 is 0 Å². The van der Waals surface area contributed by atoms with Gasteiger partial charge in [-0.1, -0.05) is 43.2 Å². The molecule has 36 heavy (non-hydrogen) atoms. The Morgan fingerprint density at radius 1 is 1.14 bits per heavy atom. The zero-order valence-corrected chi connectivity index (χ0v) is 21.0. The maximum absolute atomic E-state index is 14.5. The van der Waals surface area contributed by atoms with E-state index in [0.717, 1.165) is 55.6 Å². The molecule has 2 saturated carbocycles. The molecule has 0 saturated heterocycles. The van der Waals surface area contributed by atoms with Crippen LogP contribution in [0, 0.1) is 22.7 Å². The van der Waals surface area contributed by atoms with E-state index in [4.69, 9.17) is 15.5 Å². The number of methoxy groups -OCH3 is 1. The number of aliphatic imine (C=N–C) groups is 1. The molecule has 0 radical (unpaired) electrons. The third kappa shape index (κ3) is 3.64. The highest BCUT2D eigenvalue weighted by atomic mass is 16.5. The third-order valence-corrected chi connectivity index (χ3v) is 9.13. The number of benzene rings is 2. The van der Waals surface area contributed by atoms with Crippen LogP contribution in [0.5, 0.6) is 0 Å². The standard InChI is InChI=1S/C30H34N4O2/c1-36-25-11-13-29(14-12-25)17-24-10-9-21(8-7-20-5-6-20)16-26(24)30(29)27(35)34(28(32)33-30)19-23-4-2-3-22(15-23)18-31/h2-4,9-10,15-16,20,25H,5-8,11-14,17,19H2,1H3,(H2,32,33). The predicted octanol–water partition coefficient (Wildman–Crippen LogP) is 4.58. The van der Waals surface area contributed by atoms with Crippen LogP contribution in [0.4, 0.5) is 0 Å². The molecule has 6 nitrogen and oxygen atoms in total. The van der Waals surface area contributed by atoms with Crippen molar-refractivity contribution in [2.45, 2.75) is 76.0 Å². The largest absolute Gasteiger partial charge is 0.381 e. The molecule has 2 spiro atoms. The van der Waals surface area contributed by atoms with Crippen molar-refractivity contribution in [2.75, 3.05) is 7.11 Å². The number of hydrogen-bond acceptors (Lipinski definition) is 5. The molecule has 2 aromatic carbocycles. The van der Waals surface area contributed by atoms with Crippen LogP contribution in [0.2, 0.25) is 0 Å². The van der Waals surface area contributed by atoms with Crippen molar-refractivity contribution in [3.8, 4) is 6.07 Å². The highest BCUT2D eigenvalue weighted by Gasteiger charge is 2.66. The summed E-state index contributed by atoms with van der Waals surface area (Å²) in [5.41, 5.74) is 10.3. The molecule has 1 aliphatic heterocycles. The summed E-state index contributed by atoms with van der Waals surface area (Å²) in [7, 11) is 1.78. The molecule has 0 bridgehead atoms. The first-order valence-corrected chi connectivity index (χ1v) is 13.3. The topological polar surface area (TPSA) is 91.7 Å². The lowest BCUT2D eigenvalue weighted by molar-refractivity contribution is -0.138. The lowest BCUT2D eigenvalue weighted by Crippen LogP contribution is -2.52. The van der Waals surface area contributed by atoms with Crippen LogP contribution in [-0.4, -0.2) is 30.0 Å². The number of carbonyl (C=O) groups excluding carboxylic acids is 1. The van der Waals surface area contributed by atoms with Crippen molar-refractivity contribution >= 4 is 11.9 Å². The van der Waals surface area contributed by atoms with Crippen molar-refractivity contribution < 1.29 is 9.53 Å². The average molecular weight is 483 g/mol. The maximum Gasteiger partial charge on any atom is 0.262 e. The Balaban J connectivity index is 1.39. The van der Waals surface area contributed by atoms with Crippen molar-refractivity contribution in [2.24, 2.45) is 22.1 Å². The van der Waals surface area contributed by atoms with Gasteiger partial charge in [-0.15, -0.1) is 0 Å². The van der Waals surface area contributed by atoms with E-state index < -0.39 is 5.54 Å². The van der Waals surface area contributed by atoms with Gasteiger partial charge < -0.3 is 10.5 Å². The second-order valence-electron chi connectivity index (χ2n) is 11.2. The van der Waals surface area contributed by atoms with Crippen LogP contribution in [0.3, 0.4) is 0 Å². The Labute approximate surface area is 213 Å². The predicted molar refractivity (Wildman–Crippen MR) is 138 cm³/mol. The quantitative estimate of drug-likeness (QED) is 0.652. The van der Waals surface area contributed by atoms with E-state index in [0.29, 0.717) is 12.1 Å². The van der Waals surface area contributed by atoms with Crippen molar-refractivity contribution in [3.05, 3.63) is 70.3 Å². The molecule has 1 heterocycles. The SMILES string of the molecule is COC1CCC2(CC1)Cc1ccc(CCC3CC3)cc1C21N=C(N)N(Cc2cccc(C#N)c2)C1=O. The van der Waals surface area contributed by atoms with Crippen molar-refractivity contribution in [3.63, 3.8) is 0 Å². The minimum Gasteiger partial charge on any atom is -0.381 e. The molecule has 6 heteroatoms. The number of amides is 1. The molecule has 1 unspecified atom stereocenters. The molecule has 0 aromatic heterocycles. The molecule has 1 atom stereocenters. The summed E-state index contributed by atoms with van der Waals surface area (Å²) in [5, 5.41) is 9.33. The first-order chi connectivity index (χ1) is 17.5. The van der Waals surface area contributed by atoms with Gasteiger partial charge in [-0.2, -0.15) is 5.26 Å². The molecule has 6 rings (SSSR count). The first-order valence-electron chi connectivity index (χ1n) is 13.3. The summed E-state index contributed by atoms with van der Waals surface area (Å²) in [5.74, 6) is 1.13. The van der Waals surface area contributed by atoms with E-state index in [-0.39, 0.29) is 23.4 Å². The van der Waals surface area contributed by atoms with Gasteiger partial charge in [-0.25, -0.2) is 4.99 Å². The monoisotopic (exact) mass is 482 g/mol. The molecule has 186 valence electrons. The first kappa shape index (κ1) is 23.2. The Kier molecular flexibility index (Phi) is 5.64. The average Bonchev–Trinajstić information content (AvgIpc) is 3.66. The molecular weight excluding hydrogens is 448 g/mol. The zero-order chi connectivity index (χ0) is 24.9. The molecular formula is C30H34N4O2.